The zero-order valence-corrected chi connectivity index (χ0v) is 17.8. The molecule has 1 N–H and O–H groups in total. The number of aromatic nitrogens is 1. The third-order valence-electron chi connectivity index (χ3n) is 4.50. The van der Waals surface area contributed by atoms with E-state index < -0.39 is 0 Å². The highest BCUT2D eigenvalue weighted by molar-refractivity contribution is 14.0. The van der Waals surface area contributed by atoms with Crippen molar-refractivity contribution in [2.75, 3.05) is 26.7 Å². The maximum absolute atomic E-state index is 13.0. The second-order valence-corrected chi connectivity index (χ2v) is 7.21. The average molecular weight is 472 g/mol. The molecule has 1 aliphatic heterocycles. The van der Waals surface area contributed by atoms with Crippen LogP contribution in [0.2, 0.25) is 0 Å². The molecule has 1 aromatic heterocycles. The summed E-state index contributed by atoms with van der Waals surface area (Å²) in [5.41, 5.74) is 1.98. The van der Waals surface area contributed by atoms with Gasteiger partial charge in [-0.3, -0.25) is 4.99 Å². The van der Waals surface area contributed by atoms with Gasteiger partial charge < -0.3 is 14.6 Å². The van der Waals surface area contributed by atoms with Crippen LogP contribution >= 0.6 is 24.0 Å². The molecule has 142 valence electrons. The molecular formula is C19H26FIN4O. The third-order valence-corrected chi connectivity index (χ3v) is 4.50. The zero-order valence-electron chi connectivity index (χ0n) is 15.5. The van der Waals surface area contributed by atoms with Gasteiger partial charge in [-0.05, 0) is 36.1 Å². The minimum Gasteiger partial charge on any atom is -0.444 e. The van der Waals surface area contributed by atoms with Crippen LogP contribution in [0.3, 0.4) is 0 Å². The lowest BCUT2D eigenvalue weighted by Gasteiger charge is -2.23. The molecule has 5 nitrogen and oxygen atoms in total. The number of hydrogen-bond donors (Lipinski definition) is 1. The monoisotopic (exact) mass is 472 g/mol. The minimum absolute atomic E-state index is 0. The molecule has 1 fully saturated rings. The molecule has 0 unspecified atom stereocenters. The van der Waals surface area contributed by atoms with Crippen LogP contribution in [-0.4, -0.2) is 42.5 Å². The topological polar surface area (TPSA) is 53.7 Å². The molecule has 7 heteroatoms. The van der Waals surface area contributed by atoms with Crippen LogP contribution in [0.1, 0.15) is 26.0 Å². The molecule has 0 saturated carbocycles. The van der Waals surface area contributed by atoms with Crippen LogP contribution in [0, 0.1) is 11.2 Å². The van der Waals surface area contributed by atoms with E-state index in [2.05, 4.69) is 34.0 Å². The van der Waals surface area contributed by atoms with Crippen molar-refractivity contribution in [2.45, 2.75) is 26.7 Å². The van der Waals surface area contributed by atoms with Gasteiger partial charge in [0.15, 0.2) is 5.96 Å². The van der Waals surface area contributed by atoms with E-state index in [0.717, 1.165) is 43.3 Å². The molecule has 1 saturated heterocycles. The molecule has 0 radical (unpaired) electrons. The lowest BCUT2D eigenvalue weighted by molar-refractivity contribution is 0.370. The SMILES string of the molecule is CN=C(NCCc1coc(-c2ccc(F)cc2)n1)N1CCC(C)(C)C1.I. The van der Waals surface area contributed by atoms with Crippen molar-refractivity contribution in [1.82, 2.24) is 15.2 Å². The van der Waals surface area contributed by atoms with Crippen LogP contribution in [0.4, 0.5) is 4.39 Å². The summed E-state index contributed by atoms with van der Waals surface area (Å²) in [6.07, 6.45) is 3.57. The number of benzene rings is 1. The van der Waals surface area contributed by atoms with Crippen molar-refractivity contribution >= 4 is 29.9 Å². The molecule has 0 bridgehead atoms. The molecule has 2 aromatic rings. The molecule has 0 spiro atoms. The van der Waals surface area contributed by atoms with E-state index in [-0.39, 0.29) is 29.8 Å². The van der Waals surface area contributed by atoms with Crippen molar-refractivity contribution in [3.63, 3.8) is 0 Å². The molecule has 1 aliphatic rings. The van der Waals surface area contributed by atoms with E-state index in [1.165, 1.54) is 18.6 Å². The van der Waals surface area contributed by atoms with Crippen LogP contribution in [-0.2, 0) is 6.42 Å². The molecule has 0 atom stereocenters. The highest BCUT2D eigenvalue weighted by atomic mass is 127. The maximum Gasteiger partial charge on any atom is 0.226 e. The van der Waals surface area contributed by atoms with Gasteiger partial charge in [0.25, 0.3) is 0 Å². The minimum atomic E-state index is -0.267. The number of guanidine groups is 1. The first kappa shape index (κ1) is 20.7. The van der Waals surface area contributed by atoms with Gasteiger partial charge in [0.1, 0.15) is 12.1 Å². The highest BCUT2D eigenvalue weighted by Gasteiger charge is 2.30. The lowest BCUT2D eigenvalue weighted by atomic mass is 9.93. The third kappa shape index (κ3) is 5.18. The predicted octanol–water partition coefficient (Wildman–Crippen LogP) is 3.95. The summed E-state index contributed by atoms with van der Waals surface area (Å²) in [7, 11) is 1.82. The van der Waals surface area contributed by atoms with Crippen molar-refractivity contribution in [1.29, 1.82) is 0 Å². The van der Waals surface area contributed by atoms with Gasteiger partial charge in [0.2, 0.25) is 5.89 Å². The Morgan fingerprint density at radius 3 is 2.69 bits per heavy atom. The van der Waals surface area contributed by atoms with Gasteiger partial charge >= 0.3 is 0 Å². The first-order valence-corrected chi connectivity index (χ1v) is 8.63. The largest absolute Gasteiger partial charge is 0.444 e. The van der Waals surface area contributed by atoms with Gasteiger partial charge in [-0.1, -0.05) is 13.8 Å². The fourth-order valence-corrected chi connectivity index (χ4v) is 3.07. The van der Waals surface area contributed by atoms with Crippen molar-refractivity contribution < 1.29 is 8.81 Å². The van der Waals surface area contributed by atoms with E-state index in [4.69, 9.17) is 4.42 Å². The van der Waals surface area contributed by atoms with Gasteiger partial charge in [0, 0.05) is 38.7 Å². The fraction of sp³-hybridized carbons (Fsp3) is 0.474. The summed E-state index contributed by atoms with van der Waals surface area (Å²) in [6, 6.07) is 6.14. The fourth-order valence-electron chi connectivity index (χ4n) is 3.07. The van der Waals surface area contributed by atoms with E-state index >= 15 is 0 Å². The number of likely N-dealkylation sites (tertiary alicyclic amines) is 1. The summed E-state index contributed by atoms with van der Waals surface area (Å²) in [5.74, 6) is 1.18. The first-order chi connectivity index (χ1) is 12.0. The van der Waals surface area contributed by atoms with Gasteiger partial charge in [-0.15, -0.1) is 24.0 Å². The van der Waals surface area contributed by atoms with Crippen LogP contribution in [0.25, 0.3) is 11.5 Å². The number of oxazole rings is 1. The highest BCUT2D eigenvalue weighted by Crippen LogP contribution is 2.28. The molecule has 1 aromatic carbocycles. The quantitative estimate of drug-likeness (QED) is 0.416. The second kappa shape index (κ2) is 8.83. The standard InChI is InChI=1S/C19H25FN4O.HI/c1-19(2)9-11-24(13-19)18(21-3)22-10-8-16-12-25-17(23-16)14-4-6-15(20)7-5-14;/h4-7,12H,8-11,13H2,1-3H3,(H,21,22);1H. The van der Waals surface area contributed by atoms with Crippen molar-refractivity contribution in [3.8, 4) is 11.5 Å². The molecule has 0 aliphatic carbocycles. The predicted molar refractivity (Wildman–Crippen MR) is 112 cm³/mol. The normalized spacial score (nSPS) is 16.5. The molecule has 26 heavy (non-hydrogen) atoms. The molecular weight excluding hydrogens is 446 g/mol. The average Bonchev–Trinajstić information content (AvgIpc) is 3.19. The smallest absolute Gasteiger partial charge is 0.226 e. The first-order valence-electron chi connectivity index (χ1n) is 8.63. The van der Waals surface area contributed by atoms with Gasteiger partial charge in [0.05, 0.1) is 5.69 Å². The Balaban J connectivity index is 0.00000243. The van der Waals surface area contributed by atoms with Crippen molar-refractivity contribution in [3.05, 3.63) is 42.0 Å². The summed E-state index contributed by atoms with van der Waals surface area (Å²) in [6.45, 7) is 7.36. The Morgan fingerprint density at radius 2 is 2.08 bits per heavy atom. The maximum atomic E-state index is 13.0. The number of rotatable bonds is 4. The number of halogens is 2. The Kier molecular flexibility index (Phi) is 7.02. The molecule has 0 amide bonds. The summed E-state index contributed by atoms with van der Waals surface area (Å²) in [4.78, 5) is 11.1. The number of nitrogens with zero attached hydrogens (tertiary/aromatic N) is 3. The number of aliphatic imine (C=N–C) groups is 1. The molecule has 2 heterocycles. The summed E-state index contributed by atoms with van der Waals surface area (Å²) < 4.78 is 18.5. The lowest BCUT2D eigenvalue weighted by Crippen LogP contribution is -2.41. The summed E-state index contributed by atoms with van der Waals surface area (Å²) in [5, 5.41) is 3.40. The van der Waals surface area contributed by atoms with E-state index in [9.17, 15) is 4.39 Å². The van der Waals surface area contributed by atoms with E-state index in [1.54, 1.807) is 18.4 Å². The Morgan fingerprint density at radius 1 is 1.35 bits per heavy atom. The second-order valence-electron chi connectivity index (χ2n) is 7.21. The van der Waals surface area contributed by atoms with Crippen LogP contribution < -0.4 is 5.32 Å². The Bertz CT molecular complexity index is 742. The van der Waals surface area contributed by atoms with Gasteiger partial charge in [-0.2, -0.15) is 0 Å². The van der Waals surface area contributed by atoms with E-state index in [0.29, 0.717) is 11.3 Å². The zero-order chi connectivity index (χ0) is 17.9. The molecule has 3 rings (SSSR count). The number of nitrogens with one attached hydrogen (secondary N) is 1. The Hall–Kier alpha value is -1.64. The van der Waals surface area contributed by atoms with E-state index in [1.807, 2.05) is 7.05 Å². The van der Waals surface area contributed by atoms with Crippen molar-refractivity contribution in [2.24, 2.45) is 10.4 Å². The van der Waals surface area contributed by atoms with Crippen LogP contribution in [0.5, 0.6) is 0 Å². The van der Waals surface area contributed by atoms with Gasteiger partial charge in [-0.25, -0.2) is 9.37 Å². The van der Waals surface area contributed by atoms with Crippen LogP contribution in [0.15, 0.2) is 39.9 Å². The summed E-state index contributed by atoms with van der Waals surface area (Å²) >= 11 is 0. The number of hydrogen-bond acceptors (Lipinski definition) is 3. The Labute approximate surface area is 171 Å².